The minimum atomic E-state index is -0.464. The maximum atomic E-state index is 12.0. The van der Waals surface area contributed by atoms with Gasteiger partial charge in [0.25, 0.3) is 0 Å². The van der Waals surface area contributed by atoms with Crippen LogP contribution < -0.4 is 5.73 Å². The number of nitrogens with zero attached hydrogens (tertiary/aromatic N) is 1. The maximum Gasteiger partial charge on any atom is 0.239 e. The highest BCUT2D eigenvalue weighted by atomic mass is 35.5. The van der Waals surface area contributed by atoms with Crippen LogP contribution in [0.3, 0.4) is 0 Å². The predicted molar refractivity (Wildman–Crippen MR) is 73.7 cm³/mol. The third-order valence-corrected chi connectivity index (χ3v) is 3.74. The fourth-order valence-electron chi connectivity index (χ4n) is 1.87. The van der Waals surface area contributed by atoms with Gasteiger partial charge in [-0.3, -0.25) is 4.79 Å². The third-order valence-electron chi connectivity index (χ3n) is 3.00. The van der Waals surface area contributed by atoms with Crippen molar-refractivity contribution in [2.45, 2.75) is 38.4 Å². The van der Waals surface area contributed by atoms with Gasteiger partial charge in [-0.25, -0.2) is 0 Å². The minimum Gasteiger partial charge on any atom is -0.334 e. The number of carbonyl (C=O) groups is 1. The molecule has 0 unspecified atom stereocenters. The van der Waals surface area contributed by atoms with E-state index in [4.69, 9.17) is 28.9 Å². The average Bonchev–Trinajstić information content (AvgIpc) is 3.13. The highest BCUT2D eigenvalue weighted by Gasteiger charge is 2.33. The van der Waals surface area contributed by atoms with Crippen LogP contribution in [0.1, 0.15) is 25.3 Å². The lowest BCUT2D eigenvalue weighted by atomic mass is 10.2. The number of hydrogen-bond donors (Lipinski definition) is 1. The Labute approximate surface area is 117 Å². The standard InChI is InChI=1S/C13H16Cl2N2O/c1-8(16)13(18)17(10-3-4-10)7-9-2-5-11(14)12(15)6-9/h2,5-6,8,10H,3-4,7,16H2,1H3/t8-/m0/s1. The highest BCUT2D eigenvalue weighted by molar-refractivity contribution is 6.42. The summed E-state index contributed by atoms with van der Waals surface area (Å²) in [4.78, 5) is 13.9. The van der Waals surface area contributed by atoms with Gasteiger partial charge in [-0.2, -0.15) is 0 Å². The van der Waals surface area contributed by atoms with Crippen LogP contribution in [0.2, 0.25) is 10.0 Å². The van der Waals surface area contributed by atoms with E-state index < -0.39 is 6.04 Å². The van der Waals surface area contributed by atoms with Gasteiger partial charge in [-0.1, -0.05) is 29.3 Å². The van der Waals surface area contributed by atoms with E-state index >= 15 is 0 Å². The number of nitrogens with two attached hydrogens (primary N) is 1. The Balaban J connectivity index is 2.13. The molecule has 0 heterocycles. The molecule has 1 saturated carbocycles. The monoisotopic (exact) mass is 286 g/mol. The van der Waals surface area contributed by atoms with Crippen LogP contribution >= 0.6 is 23.2 Å². The molecule has 3 nitrogen and oxygen atoms in total. The van der Waals surface area contributed by atoms with Crippen LogP contribution in [0.15, 0.2) is 18.2 Å². The van der Waals surface area contributed by atoms with Gasteiger partial charge in [0.2, 0.25) is 5.91 Å². The van der Waals surface area contributed by atoms with Gasteiger partial charge in [0.05, 0.1) is 16.1 Å². The minimum absolute atomic E-state index is 0.0106. The second kappa shape index (κ2) is 5.47. The van der Waals surface area contributed by atoms with E-state index in [9.17, 15) is 4.79 Å². The molecular formula is C13H16Cl2N2O. The Morgan fingerprint density at radius 3 is 2.61 bits per heavy atom. The molecule has 1 atom stereocenters. The van der Waals surface area contributed by atoms with Crippen molar-refractivity contribution < 1.29 is 4.79 Å². The van der Waals surface area contributed by atoms with E-state index in [2.05, 4.69) is 0 Å². The lowest BCUT2D eigenvalue weighted by Crippen LogP contribution is -2.42. The topological polar surface area (TPSA) is 46.3 Å². The van der Waals surface area contributed by atoms with Crippen molar-refractivity contribution >= 4 is 29.1 Å². The van der Waals surface area contributed by atoms with E-state index in [1.807, 2.05) is 11.0 Å². The lowest BCUT2D eigenvalue weighted by Gasteiger charge is -2.24. The van der Waals surface area contributed by atoms with E-state index in [0.29, 0.717) is 22.6 Å². The van der Waals surface area contributed by atoms with Crippen LogP contribution in [0.5, 0.6) is 0 Å². The van der Waals surface area contributed by atoms with Crippen molar-refractivity contribution in [3.8, 4) is 0 Å². The largest absolute Gasteiger partial charge is 0.334 e. The zero-order chi connectivity index (χ0) is 13.3. The van der Waals surface area contributed by atoms with Crippen LogP contribution in [-0.4, -0.2) is 22.9 Å². The first-order valence-electron chi connectivity index (χ1n) is 5.99. The van der Waals surface area contributed by atoms with E-state index in [-0.39, 0.29) is 5.91 Å². The summed E-state index contributed by atoms with van der Waals surface area (Å²) in [5.41, 5.74) is 6.65. The molecule has 0 saturated heterocycles. The predicted octanol–water partition coefficient (Wildman–Crippen LogP) is 2.83. The molecule has 1 aromatic rings. The number of carbonyl (C=O) groups excluding carboxylic acids is 1. The van der Waals surface area contributed by atoms with Crippen LogP contribution in [0.4, 0.5) is 0 Å². The van der Waals surface area contributed by atoms with Crippen molar-refractivity contribution in [1.82, 2.24) is 4.90 Å². The molecule has 1 amide bonds. The molecular weight excluding hydrogens is 271 g/mol. The summed E-state index contributed by atoms with van der Waals surface area (Å²) >= 11 is 11.8. The van der Waals surface area contributed by atoms with E-state index in [1.165, 1.54) is 0 Å². The van der Waals surface area contributed by atoms with E-state index in [1.54, 1.807) is 19.1 Å². The van der Waals surface area contributed by atoms with Crippen molar-refractivity contribution in [2.75, 3.05) is 0 Å². The smallest absolute Gasteiger partial charge is 0.239 e. The molecule has 18 heavy (non-hydrogen) atoms. The fraction of sp³-hybridized carbons (Fsp3) is 0.462. The third kappa shape index (κ3) is 3.16. The lowest BCUT2D eigenvalue weighted by molar-refractivity contribution is -0.133. The zero-order valence-corrected chi connectivity index (χ0v) is 11.7. The summed E-state index contributed by atoms with van der Waals surface area (Å²) in [6.07, 6.45) is 2.11. The normalized spacial score (nSPS) is 16.4. The molecule has 2 N–H and O–H groups in total. The second-order valence-corrected chi connectivity index (χ2v) is 5.55. The number of benzene rings is 1. The van der Waals surface area contributed by atoms with Gasteiger partial charge >= 0.3 is 0 Å². The van der Waals surface area contributed by atoms with Crippen LogP contribution in [0.25, 0.3) is 0 Å². The summed E-state index contributed by atoms with van der Waals surface area (Å²) < 4.78 is 0. The van der Waals surface area contributed by atoms with Gasteiger partial charge in [-0.05, 0) is 37.5 Å². The maximum absolute atomic E-state index is 12.0. The second-order valence-electron chi connectivity index (χ2n) is 4.73. The molecule has 1 fully saturated rings. The number of rotatable bonds is 4. The molecule has 0 radical (unpaired) electrons. The summed E-state index contributed by atoms with van der Waals surface area (Å²) in [6, 6.07) is 5.30. The van der Waals surface area contributed by atoms with Crippen LogP contribution in [0, 0.1) is 0 Å². The molecule has 0 aromatic heterocycles. The first-order chi connectivity index (χ1) is 8.49. The summed E-state index contributed by atoms with van der Waals surface area (Å²) in [6.45, 7) is 2.26. The van der Waals surface area contributed by atoms with Crippen LogP contribution in [-0.2, 0) is 11.3 Å². The first kappa shape index (κ1) is 13.7. The Kier molecular flexibility index (Phi) is 4.15. The van der Waals surface area contributed by atoms with Crippen molar-refractivity contribution in [2.24, 2.45) is 5.73 Å². The Morgan fingerprint density at radius 1 is 1.44 bits per heavy atom. The fourth-order valence-corrected chi connectivity index (χ4v) is 2.19. The SMILES string of the molecule is C[C@H](N)C(=O)N(Cc1ccc(Cl)c(Cl)c1)C1CC1. The van der Waals surface area contributed by atoms with E-state index in [0.717, 1.165) is 18.4 Å². The molecule has 2 rings (SSSR count). The molecule has 1 aliphatic carbocycles. The Morgan fingerprint density at radius 2 is 2.11 bits per heavy atom. The molecule has 1 aromatic carbocycles. The summed E-state index contributed by atoms with van der Waals surface area (Å²) in [5, 5.41) is 1.04. The first-order valence-corrected chi connectivity index (χ1v) is 6.74. The van der Waals surface area contributed by atoms with Gasteiger partial charge in [0.15, 0.2) is 0 Å². The van der Waals surface area contributed by atoms with Gasteiger partial charge in [-0.15, -0.1) is 0 Å². The van der Waals surface area contributed by atoms with Gasteiger partial charge in [0, 0.05) is 12.6 Å². The average molecular weight is 287 g/mol. The van der Waals surface area contributed by atoms with Gasteiger partial charge in [0.1, 0.15) is 0 Å². The molecule has 0 spiro atoms. The summed E-state index contributed by atoms with van der Waals surface area (Å²) in [7, 11) is 0. The number of amides is 1. The molecule has 98 valence electrons. The van der Waals surface area contributed by atoms with Gasteiger partial charge < -0.3 is 10.6 Å². The molecule has 5 heteroatoms. The highest BCUT2D eigenvalue weighted by Crippen LogP contribution is 2.30. The quantitative estimate of drug-likeness (QED) is 0.925. The summed E-state index contributed by atoms with van der Waals surface area (Å²) in [5.74, 6) is -0.0106. The molecule has 0 bridgehead atoms. The van der Waals surface area contributed by atoms with Crippen molar-refractivity contribution in [3.05, 3.63) is 33.8 Å². The molecule has 0 aliphatic heterocycles. The number of halogens is 2. The van der Waals surface area contributed by atoms with Crippen molar-refractivity contribution in [3.63, 3.8) is 0 Å². The zero-order valence-electron chi connectivity index (χ0n) is 10.2. The molecule has 1 aliphatic rings. The number of hydrogen-bond acceptors (Lipinski definition) is 2. The Bertz CT molecular complexity index is 458. The van der Waals surface area contributed by atoms with Crippen molar-refractivity contribution in [1.29, 1.82) is 0 Å². The Hall–Kier alpha value is -0.770.